The first kappa shape index (κ1) is 19.4. The summed E-state index contributed by atoms with van der Waals surface area (Å²) in [6.07, 6.45) is -0.791. The number of benzene rings is 2. The topological polar surface area (TPSA) is 67.4 Å². The zero-order valence-corrected chi connectivity index (χ0v) is 14.7. The fourth-order valence-electron chi connectivity index (χ4n) is 2.17. The molecule has 5 nitrogen and oxygen atoms in total. The number of anilines is 1. The van der Waals surface area contributed by atoms with Gasteiger partial charge in [-0.15, -0.1) is 0 Å². The van der Waals surface area contributed by atoms with Gasteiger partial charge in [-0.05, 0) is 38.5 Å². The lowest BCUT2D eigenvalue weighted by atomic mass is 10.1. The molecule has 0 saturated heterocycles. The van der Waals surface area contributed by atoms with Crippen molar-refractivity contribution in [2.24, 2.45) is 0 Å². The van der Waals surface area contributed by atoms with Gasteiger partial charge in [-0.3, -0.25) is 4.79 Å². The maximum atomic E-state index is 13.8. The smallest absolute Gasteiger partial charge is 0.408 e. The summed E-state index contributed by atoms with van der Waals surface area (Å²) in [4.78, 5) is 24.7. The average molecular weight is 362 g/mol. The summed E-state index contributed by atoms with van der Waals surface area (Å²) in [5.41, 5.74) is -0.452. The molecule has 0 aliphatic rings. The molecular weight excluding hydrogens is 342 g/mol. The molecule has 0 aromatic heterocycles. The summed E-state index contributed by atoms with van der Waals surface area (Å²) in [6.45, 7) is 5.08. The maximum Gasteiger partial charge on any atom is 0.408 e. The first-order valence-electron chi connectivity index (χ1n) is 7.96. The third-order valence-electron chi connectivity index (χ3n) is 3.25. The normalized spacial score (nSPS) is 12.2. The fraction of sp³-hybridized carbons (Fsp3) is 0.263. The molecular formula is C19H20F2N2O3. The average Bonchev–Trinajstić information content (AvgIpc) is 2.54. The molecule has 7 heteroatoms. The van der Waals surface area contributed by atoms with E-state index in [9.17, 15) is 18.4 Å². The number of carbonyl (C=O) groups is 2. The third-order valence-corrected chi connectivity index (χ3v) is 3.25. The Morgan fingerprint density at radius 3 is 2.27 bits per heavy atom. The second-order valence-corrected chi connectivity index (χ2v) is 6.60. The van der Waals surface area contributed by atoms with E-state index in [1.165, 1.54) is 0 Å². The van der Waals surface area contributed by atoms with E-state index in [-0.39, 0.29) is 5.69 Å². The first-order valence-corrected chi connectivity index (χ1v) is 7.96. The van der Waals surface area contributed by atoms with E-state index in [4.69, 9.17) is 4.74 Å². The molecule has 0 fully saturated rings. The molecule has 2 rings (SSSR count). The fourth-order valence-corrected chi connectivity index (χ4v) is 2.17. The van der Waals surface area contributed by atoms with Crippen LogP contribution in [0.1, 0.15) is 32.4 Å². The van der Waals surface area contributed by atoms with Gasteiger partial charge >= 0.3 is 6.09 Å². The highest BCUT2D eigenvalue weighted by Crippen LogP contribution is 2.20. The highest BCUT2D eigenvalue weighted by Gasteiger charge is 2.26. The van der Waals surface area contributed by atoms with Crippen LogP contribution in [0.25, 0.3) is 0 Å². The van der Waals surface area contributed by atoms with E-state index in [1.54, 1.807) is 51.1 Å². The molecule has 0 saturated carbocycles. The Hall–Kier alpha value is -2.96. The van der Waals surface area contributed by atoms with Crippen molar-refractivity contribution in [3.05, 3.63) is 65.7 Å². The van der Waals surface area contributed by atoms with Gasteiger partial charge in [-0.25, -0.2) is 13.6 Å². The molecule has 0 unspecified atom stereocenters. The van der Waals surface area contributed by atoms with Crippen molar-refractivity contribution in [3.63, 3.8) is 0 Å². The van der Waals surface area contributed by atoms with Gasteiger partial charge in [0.25, 0.3) is 5.91 Å². The number of alkyl carbamates (subject to hydrolysis) is 1. The zero-order valence-electron chi connectivity index (χ0n) is 14.7. The summed E-state index contributed by atoms with van der Waals surface area (Å²) in [6, 6.07) is 10.1. The minimum atomic E-state index is -1.12. The minimum absolute atomic E-state index is 0.191. The number of hydrogen-bond donors (Lipinski definition) is 2. The van der Waals surface area contributed by atoms with Gasteiger partial charge in [-0.2, -0.15) is 0 Å². The van der Waals surface area contributed by atoms with Crippen molar-refractivity contribution in [1.29, 1.82) is 0 Å². The minimum Gasteiger partial charge on any atom is -0.444 e. The lowest BCUT2D eigenvalue weighted by Gasteiger charge is -2.23. The largest absolute Gasteiger partial charge is 0.444 e. The molecule has 0 radical (unpaired) electrons. The quantitative estimate of drug-likeness (QED) is 0.858. The molecule has 26 heavy (non-hydrogen) atoms. The second-order valence-electron chi connectivity index (χ2n) is 6.60. The molecule has 0 aliphatic carbocycles. The lowest BCUT2D eigenvalue weighted by molar-refractivity contribution is -0.118. The Balaban J connectivity index is 2.22. The van der Waals surface area contributed by atoms with Crippen molar-refractivity contribution >= 4 is 17.7 Å². The van der Waals surface area contributed by atoms with E-state index < -0.39 is 35.3 Å². The maximum absolute atomic E-state index is 13.8. The van der Waals surface area contributed by atoms with Crippen molar-refractivity contribution < 1.29 is 23.1 Å². The summed E-state index contributed by atoms with van der Waals surface area (Å²) in [5, 5.41) is 4.82. The molecule has 2 aromatic rings. The first-order chi connectivity index (χ1) is 12.2. The van der Waals surface area contributed by atoms with Crippen LogP contribution in [-0.4, -0.2) is 17.6 Å². The Morgan fingerprint density at radius 1 is 1.04 bits per heavy atom. The van der Waals surface area contributed by atoms with Crippen molar-refractivity contribution in [2.45, 2.75) is 32.4 Å². The summed E-state index contributed by atoms with van der Waals surface area (Å²) in [7, 11) is 0. The highest BCUT2D eigenvalue weighted by atomic mass is 19.1. The number of carbonyl (C=O) groups excluding carboxylic acids is 2. The van der Waals surface area contributed by atoms with Crippen LogP contribution in [-0.2, 0) is 9.53 Å². The van der Waals surface area contributed by atoms with Crippen molar-refractivity contribution in [1.82, 2.24) is 5.32 Å². The Kier molecular flexibility index (Phi) is 5.92. The van der Waals surface area contributed by atoms with Gasteiger partial charge < -0.3 is 15.4 Å². The molecule has 138 valence electrons. The van der Waals surface area contributed by atoms with Crippen LogP contribution in [0.4, 0.5) is 19.3 Å². The standard InChI is InChI=1S/C19H20F2N2O3/c1-19(2,3)26-18(25)23-16(12-7-5-4-6-8-12)17(24)22-15-10-9-13(20)11-14(15)21/h4-11,16H,1-3H3,(H,22,24)(H,23,25)/t16-/m0/s1. The van der Waals surface area contributed by atoms with Gasteiger partial charge in [-0.1, -0.05) is 30.3 Å². The molecule has 2 amide bonds. The van der Waals surface area contributed by atoms with Crippen molar-refractivity contribution in [3.8, 4) is 0 Å². The zero-order chi connectivity index (χ0) is 19.3. The van der Waals surface area contributed by atoms with E-state index in [0.717, 1.165) is 12.1 Å². The number of ether oxygens (including phenoxy) is 1. The van der Waals surface area contributed by atoms with Crippen LogP contribution in [0, 0.1) is 11.6 Å². The summed E-state index contributed by atoms with van der Waals surface area (Å²) < 4.78 is 32.0. The second kappa shape index (κ2) is 7.95. The molecule has 0 heterocycles. The molecule has 0 aliphatic heterocycles. The Bertz CT molecular complexity index is 789. The van der Waals surface area contributed by atoms with E-state index in [0.29, 0.717) is 11.6 Å². The van der Waals surface area contributed by atoms with Crippen LogP contribution in [0.2, 0.25) is 0 Å². The van der Waals surface area contributed by atoms with Gasteiger partial charge in [0.2, 0.25) is 0 Å². The Labute approximate surface area is 150 Å². The summed E-state index contributed by atoms with van der Waals surface area (Å²) in [5.74, 6) is -2.36. The van der Waals surface area contributed by atoms with Crippen molar-refractivity contribution in [2.75, 3.05) is 5.32 Å². The van der Waals surface area contributed by atoms with Crippen LogP contribution < -0.4 is 10.6 Å². The van der Waals surface area contributed by atoms with Crippen LogP contribution in [0.15, 0.2) is 48.5 Å². The molecule has 0 bridgehead atoms. The number of amides is 2. The van der Waals surface area contributed by atoms with Crippen LogP contribution in [0.5, 0.6) is 0 Å². The molecule has 1 atom stereocenters. The number of rotatable bonds is 4. The lowest BCUT2D eigenvalue weighted by Crippen LogP contribution is -2.40. The summed E-state index contributed by atoms with van der Waals surface area (Å²) >= 11 is 0. The van der Waals surface area contributed by atoms with Gasteiger partial charge in [0, 0.05) is 6.07 Å². The Morgan fingerprint density at radius 2 is 1.69 bits per heavy atom. The van der Waals surface area contributed by atoms with Gasteiger partial charge in [0.1, 0.15) is 23.3 Å². The van der Waals surface area contributed by atoms with Crippen LogP contribution >= 0.6 is 0 Å². The van der Waals surface area contributed by atoms with Gasteiger partial charge in [0.15, 0.2) is 0 Å². The predicted octanol–water partition coefficient (Wildman–Crippen LogP) is 4.17. The van der Waals surface area contributed by atoms with E-state index >= 15 is 0 Å². The monoisotopic (exact) mass is 362 g/mol. The van der Waals surface area contributed by atoms with E-state index in [2.05, 4.69) is 10.6 Å². The van der Waals surface area contributed by atoms with E-state index in [1.807, 2.05) is 0 Å². The van der Waals surface area contributed by atoms with Crippen LogP contribution in [0.3, 0.4) is 0 Å². The molecule has 2 N–H and O–H groups in total. The predicted molar refractivity (Wildman–Crippen MR) is 93.5 cm³/mol. The molecule has 2 aromatic carbocycles. The third kappa shape index (κ3) is 5.54. The highest BCUT2D eigenvalue weighted by molar-refractivity contribution is 5.97. The number of halogens is 2. The molecule has 0 spiro atoms. The SMILES string of the molecule is CC(C)(C)OC(=O)N[C@H](C(=O)Nc1ccc(F)cc1F)c1ccccc1. The number of nitrogens with one attached hydrogen (secondary N) is 2. The number of hydrogen-bond acceptors (Lipinski definition) is 3. The van der Waals surface area contributed by atoms with Gasteiger partial charge in [0.05, 0.1) is 5.69 Å².